The summed E-state index contributed by atoms with van der Waals surface area (Å²) in [6, 6.07) is 0. The lowest BCUT2D eigenvalue weighted by atomic mass is 9.87. The van der Waals surface area contributed by atoms with Crippen molar-refractivity contribution in [3.63, 3.8) is 0 Å². The highest BCUT2D eigenvalue weighted by Gasteiger charge is 2.47. The number of hydrogen-bond donors (Lipinski definition) is 6. The van der Waals surface area contributed by atoms with Crippen LogP contribution in [0.25, 0.3) is 11.2 Å². The largest absolute Gasteiger partial charge is 0.790 e. The number of imidazole rings is 1. The Hall–Kier alpha value is -3.07. The number of phosphoric acid groups is 3. The first-order valence-electron chi connectivity index (χ1n) is 21.2. The SMILES string of the molecule is CC/C=C/C[C@H]1C(=O)CC[C@@H]1CCC[C@H](O)CC(=O)SCCNC(=O)CCNC(=O)[C@H](O)C(C)(C)COP(=O)([O-])OP(=O)([O-])OC[C@@H]1O[C@@H](n2cnc3c(N)ncnc32)[C@H](O)[C@@H]1OP(=O)([O-])[O-]. The average molecular weight is 1030 g/mol. The molecule has 10 atom stereocenters. The van der Waals surface area contributed by atoms with Crippen LogP contribution in [0.3, 0.4) is 0 Å². The minimum atomic E-state index is -5.94. The molecule has 0 spiro atoms. The normalized spacial score (nSPS) is 24.1. The zero-order valence-electron chi connectivity index (χ0n) is 36.8. The Morgan fingerprint density at radius 2 is 1.79 bits per heavy atom. The third kappa shape index (κ3) is 17.7. The maximum atomic E-state index is 12.6. The molecule has 1 aliphatic heterocycles. The van der Waals surface area contributed by atoms with Crippen molar-refractivity contribution in [2.24, 2.45) is 17.3 Å². The molecular formula is C37H56N7O19P3S-4. The fourth-order valence-electron chi connectivity index (χ4n) is 7.30. The summed E-state index contributed by atoms with van der Waals surface area (Å²) in [6.07, 6.45) is 0.481. The molecule has 1 aliphatic carbocycles. The van der Waals surface area contributed by atoms with Gasteiger partial charge in [-0.2, -0.15) is 0 Å². The maximum absolute atomic E-state index is 12.6. The summed E-state index contributed by atoms with van der Waals surface area (Å²) < 4.78 is 60.8. The van der Waals surface area contributed by atoms with E-state index < -0.39 is 90.7 Å². The molecule has 0 radical (unpaired) electrons. The Balaban J connectivity index is 1.13. The molecule has 26 nitrogen and oxygen atoms in total. The number of carbonyl (C=O) groups excluding carboxylic acids is 4. The topological polar surface area (TPSA) is 412 Å². The monoisotopic (exact) mass is 1030 g/mol. The fourth-order valence-corrected chi connectivity index (χ4v) is 10.8. The first kappa shape index (κ1) is 56.5. The van der Waals surface area contributed by atoms with Gasteiger partial charge in [-0.25, -0.2) is 19.3 Å². The molecule has 2 aromatic heterocycles. The Labute approximate surface area is 389 Å². The summed E-state index contributed by atoms with van der Waals surface area (Å²) in [5, 5.41) is 36.4. The second-order valence-electron chi connectivity index (χ2n) is 16.5. The van der Waals surface area contributed by atoms with Gasteiger partial charge in [-0.05, 0) is 38.0 Å². The molecule has 3 heterocycles. The van der Waals surface area contributed by atoms with Crippen molar-refractivity contribution < 1.29 is 90.4 Å². The third-order valence-electron chi connectivity index (χ3n) is 10.8. The van der Waals surface area contributed by atoms with E-state index in [1.54, 1.807) is 0 Å². The zero-order chi connectivity index (χ0) is 49.7. The number of rotatable bonds is 28. The molecule has 2 aliphatic rings. The van der Waals surface area contributed by atoms with Gasteiger partial charge in [0.05, 0.1) is 33.5 Å². The van der Waals surface area contributed by atoms with E-state index in [4.69, 9.17) is 10.5 Å². The van der Waals surface area contributed by atoms with Crippen molar-refractivity contribution in [1.29, 1.82) is 0 Å². The van der Waals surface area contributed by atoms with Gasteiger partial charge in [-0.1, -0.05) is 51.1 Å². The van der Waals surface area contributed by atoms with Crippen molar-refractivity contribution in [1.82, 2.24) is 30.2 Å². The zero-order valence-corrected chi connectivity index (χ0v) is 40.3. The van der Waals surface area contributed by atoms with E-state index in [2.05, 4.69) is 55.6 Å². The van der Waals surface area contributed by atoms with Crippen molar-refractivity contribution in [3.05, 3.63) is 24.8 Å². The quantitative estimate of drug-likeness (QED) is 0.0338. The third-order valence-corrected chi connectivity index (χ3v) is 14.7. The summed E-state index contributed by atoms with van der Waals surface area (Å²) in [4.78, 5) is 109. The smallest absolute Gasteiger partial charge is 0.274 e. The van der Waals surface area contributed by atoms with Crippen molar-refractivity contribution in [2.45, 2.75) is 115 Å². The lowest BCUT2D eigenvalue weighted by Gasteiger charge is -2.36. The number of nitrogens with one attached hydrogen (secondary N) is 2. The average Bonchev–Trinajstić information content (AvgIpc) is 3.91. The Morgan fingerprint density at radius 1 is 1.07 bits per heavy atom. The molecule has 2 fully saturated rings. The molecule has 378 valence electrons. The number of aliphatic hydroxyl groups excluding tert-OH is 3. The predicted molar refractivity (Wildman–Crippen MR) is 228 cm³/mol. The lowest BCUT2D eigenvalue weighted by molar-refractivity contribution is -0.347. The van der Waals surface area contributed by atoms with E-state index in [-0.39, 0.29) is 71.4 Å². The number of ketones is 1. The van der Waals surface area contributed by atoms with Crippen LogP contribution in [0.4, 0.5) is 5.82 Å². The van der Waals surface area contributed by atoms with Gasteiger partial charge >= 0.3 is 0 Å². The van der Waals surface area contributed by atoms with Crippen LogP contribution < -0.4 is 35.9 Å². The molecule has 0 bridgehead atoms. The van der Waals surface area contributed by atoms with E-state index in [0.717, 1.165) is 54.7 Å². The van der Waals surface area contributed by atoms with Gasteiger partial charge in [0.2, 0.25) is 11.8 Å². The number of thioether (sulfide) groups is 1. The van der Waals surface area contributed by atoms with Crippen LogP contribution in [0.2, 0.25) is 0 Å². The van der Waals surface area contributed by atoms with Crippen LogP contribution in [0.5, 0.6) is 0 Å². The predicted octanol–water partition coefficient (Wildman–Crippen LogP) is -0.990. The first-order chi connectivity index (χ1) is 31.3. The van der Waals surface area contributed by atoms with Gasteiger partial charge < -0.3 is 74.1 Å². The van der Waals surface area contributed by atoms with Gasteiger partial charge in [0, 0.05) is 49.4 Å². The number of nitrogens with two attached hydrogens (primary N) is 1. The van der Waals surface area contributed by atoms with Crippen LogP contribution in [-0.4, -0.2) is 120 Å². The minimum Gasteiger partial charge on any atom is -0.790 e. The van der Waals surface area contributed by atoms with E-state index in [1.165, 1.54) is 13.8 Å². The molecule has 2 unspecified atom stereocenters. The van der Waals surface area contributed by atoms with Gasteiger partial charge in [-0.3, -0.25) is 32.9 Å². The molecule has 2 amide bonds. The van der Waals surface area contributed by atoms with Crippen molar-refractivity contribution in [2.75, 3.05) is 37.8 Å². The molecule has 30 heteroatoms. The highest BCUT2D eigenvalue weighted by molar-refractivity contribution is 8.13. The number of aromatic nitrogens is 4. The molecule has 7 N–H and O–H groups in total. The summed E-state index contributed by atoms with van der Waals surface area (Å²) in [6.45, 7) is 1.94. The number of nitrogen functional groups attached to an aromatic ring is 1. The van der Waals surface area contributed by atoms with E-state index >= 15 is 0 Å². The summed E-state index contributed by atoms with van der Waals surface area (Å²) in [7, 11) is -17.7. The number of aliphatic hydroxyl groups is 3. The van der Waals surface area contributed by atoms with E-state index in [1.807, 2.05) is 6.92 Å². The van der Waals surface area contributed by atoms with E-state index in [9.17, 15) is 67.8 Å². The molecule has 2 aromatic rings. The lowest BCUT2D eigenvalue weighted by Crippen LogP contribution is -2.46. The molecule has 1 saturated heterocycles. The number of anilines is 1. The molecule has 67 heavy (non-hydrogen) atoms. The van der Waals surface area contributed by atoms with E-state index in [0.29, 0.717) is 19.3 Å². The van der Waals surface area contributed by atoms with Crippen LogP contribution in [-0.2, 0) is 55.5 Å². The molecular weight excluding hydrogens is 971 g/mol. The highest BCUT2D eigenvalue weighted by atomic mass is 32.2. The van der Waals surface area contributed by atoms with Gasteiger partial charge in [-0.15, -0.1) is 0 Å². The Morgan fingerprint density at radius 3 is 2.49 bits per heavy atom. The summed E-state index contributed by atoms with van der Waals surface area (Å²) in [5.41, 5.74) is 4.03. The van der Waals surface area contributed by atoms with Gasteiger partial charge in [0.25, 0.3) is 15.6 Å². The standard InChI is InChI=1S/C37H60N7O19P3S/c1-4-5-6-10-24-22(11-12-25(24)46)8-7-9-23(45)17-28(48)67-16-15-39-27(47)13-14-40-35(51)32(50)37(2,3)19-60-66(57,58)63-65(55,56)59-18-26-31(62-64(52,53)54)30(49)36(61-26)44-21-43-29-33(38)41-20-42-34(29)44/h5-6,20-24,26,30-32,36,45,49-50H,4,7-19H2,1-3H3,(H,39,47)(H,40,51)(H,55,56)(H,57,58)(H2,38,41,42)(H2,52,53,54)/p-4/b6-5+/t22-,23-,24+,26-,30+,31+,32-,36+/m0/s1. The fraction of sp³-hybridized carbons (Fsp3) is 0.703. The number of phosphoric ester groups is 3. The summed E-state index contributed by atoms with van der Waals surface area (Å²) >= 11 is 0.945. The van der Waals surface area contributed by atoms with Gasteiger partial charge in [0.15, 0.2) is 22.8 Å². The first-order valence-corrected chi connectivity index (χ1v) is 26.5. The number of nitrogens with zero attached hydrogens (tertiary/aromatic N) is 4. The number of carbonyl (C=O) groups is 4. The number of fused-ring (bicyclic) bond motifs is 1. The number of amides is 2. The number of Topliss-reactive ketones (excluding diaryl/α,β-unsaturated/α-hetero) is 1. The number of allylic oxidation sites excluding steroid dienone is 2. The molecule has 1 saturated carbocycles. The second kappa shape index (κ2) is 25.2. The maximum Gasteiger partial charge on any atom is 0.274 e. The van der Waals surface area contributed by atoms with Crippen LogP contribution >= 0.6 is 35.2 Å². The van der Waals surface area contributed by atoms with Crippen LogP contribution in [0, 0.1) is 17.3 Å². The van der Waals surface area contributed by atoms with Crippen molar-refractivity contribution in [3.8, 4) is 0 Å². The summed E-state index contributed by atoms with van der Waals surface area (Å²) in [5.74, 6) is -0.840. The number of hydrogen-bond acceptors (Lipinski definition) is 24. The second-order valence-corrected chi connectivity index (χ2v) is 21.7. The molecule has 4 rings (SSSR count). The van der Waals surface area contributed by atoms with Crippen LogP contribution in [0.15, 0.2) is 24.8 Å². The Bertz CT molecular complexity index is 2200. The Kier molecular flexibility index (Phi) is 21.2. The minimum absolute atomic E-state index is 0.0140. The van der Waals surface area contributed by atoms with Crippen LogP contribution in [0.1, 0.15) is 84.8 Å². The number of ether oxygens (including phenoxy) is 1. The van der Waals surface area contributed by atoms with Gasteiger partial charge in [0.1, 0.15) is 42.0 Å². The highest BCUT2D eigenvalue weighted by Crippen LogP contribution is 2.56. The molecule has 0 aromatic carbocycles. The van der Waals surface area contributed by atoms with Crippen molar-refractivity contribution >= 4 is 74.9 Å².